The Morgan fingerprint density at radius 3 is 2.69 bits per heavy atom. The van der Waals surface area contributed by atoms with E-state index in [-0.39, 0.29) is 0 Å². The zero-order chi connectivity index (χ0) is 11.4. The van der Waals surface area contributed by atoms with Gasteiger partial charge in [-0.3, -0.25) is 9.97 Å². The number of hydrogen-bond acceptors (Lipinski definition) is 3. The molecule has 0 unspecified atom stereocenters. The number of halogens is 2. The van der Waals surface area contributed by atoms with E-state index in [0.717, 1.165) is 11.4 Å². The highest BCUT2D eigenvalue weighted by molar-refractivity contribution is 6.42. The summed E-state index contributed by atoms with van der Waals surface area (Å²) in [5, 5.41) is 4.26. The van der Waals surface area contributed by atoms with E-state index < -0.39 is 0 Å². The Morgan fingerprint density at radius 1 is 1.12 bits per heavy atom. The zero-order valence-corrected chi connectivity index (χ0v) is 9.83. The lowest BCUT2D eigenvalue weighted by Crippen LogP contribution is -2.01. The molecule has 1 N–H and O–H groups in total. The Kier molecular flexibility index (Phi) is 3.59. The average Bonchev–Trinajstić information content (AvgIpc) is 2.32. The highest BCUT2D eigenvalue weighted by atomic mass is 35.5. The maximum atomic E-state index is 5.90. The molecular formula is C11H9Cl2N3. The first-order valence-electron chi connectivity index (χ1n) is 4.69. The molecule has 16 heavy (non-hydrogen) atoms. The highest BCUT2D eigenvalue weighted by Crippen LogP contribution is 2.25. The van der Waals surface area contributed by atoms with Crippen molar-refractivity contribution in [3.63, 3.8) is 0 Å². The number of rotatable bonds is 3. The molecule has 1 heterocycles. The number of benzene rings is 1. The van der Waals surface area contributed by atoms with E-state index in [4.69, 9.17) is 23.2 Å². The van der Waals surface area contributed by atoms with E-state index in [1.54, 1.807) is 30.7 Å². The lowest BCUT2D eigenvalue weighted by Gasteiger charge is -2.06. The van der Waals surface area contributed by atoms with Crippen LogP contribution in [0.2, 0.25) is 10.0 Å². The van der Waals surface area contributed by atoms with Crippen LogP contribution in [0.15, 0.2) is 36.8 Å². The summed E-state index contributed by atoms with van der Waals surface area (Å²) in [5.41, 5.74) is 1.77. The van der Waals surface area contributed by atoms with Crippen LogP contribution in [0.3, 0.4) is 0 Å². The van der Waals surface area contributed by atoms with Gasteiger partial charge in [-0.15, -0.1) is 0 Å². The summed E-state index contributed by atoms with van der Waals surface area (Å²) >= 11 is 11.7. The fourth-order valence-electron chi connectivity index (χ4n) is 1.22. The van der Waals surface area contributed by atoms with Gasteiger partial charge in [-0.2, -0.15) is 0 Å². The SMILES string of the molecule is Clc1ccc(NCc2cnccn2)cc1Cl. The van der Waals surface area contributed by atoms with Crippen LogP contribution >= 0.6 is 23.2 Å². The fraction of sp³-hybridized carbons (Fsp3) is 0.0909. The Hall–Kier alpha value is -1.32. The van der Waals surface area contributed by atoms with Gasteiger partial charge in [-0.25, -0.2) is 0 Å². The predicted octanol–water partition coefficient (Wildman–Crippen LogP) is 3.40. The van der Waals surface area contributed by atoms with Crippen LogP contribution in [-0.4, -0.2) is 9.97 Å². The van der Waals surface area contributed by atoms with Crippen LogP contribution in [0, 0.1) is 0 Å². The van der Waals surface area contributed by atoms with Gasteiger partial charge in [0.15, 0.2) is 0 Å². The van der Waals surface area contributed by atoms with Crippen molar-refractivity contribution in [1.29, 1.82) is 0 Å². The fourth-order valence-corrected chi connectivity index (χ4v) is 1.52. The molecule has 0 fully saturated rings. The molecule has 1 aromatic heterocycles. The summed E-state index contributed by atoms with van der Waals surface area (Å²) in [6.07, 6.45) is 5.01. The van der Waals surface area contributed by atoms with Crippen molar-refractivity contribution in [3.8, 4) is 0 Å². The highest BCUT2D eigenvalue weighted by Gasteiger charge is 1.99. The molecule has 5 heteroatoms. The quantitative estimate of drug-likeness (QED) is 0.912. The molecule has 0 aliphatic heterocycles. The first kappa shape index (κ1) is 11.2. The normalized spacial score (nSPS) is 10.1. The van der Waals surface area contributed by atoms with E-state index in [2.05, 4.69) is 15.3 Å². The summed E-state index contributed by atoms with van der Waals surface area (Å²) in [6, 6.07) is 5.40. The Labute approximate surface area is 103 Å². The maximum absolute atomic E-state index is 5.90. The van der Waals surface area contributed by atoms with Gasteiger partial charge >= 0.3 is 0 Å². The molecule has 0 bridgehead atoms. The minimum absolute atomic E-state index is 0.533. The molecule has 3 nitrogen and oxygen atoms in total. The van der Waals surface area contributed by atoms with E-state index in [1.165, 1.54) is 0 Å². The minimum atomic E-state index is 0.533. The summed E-state index contributed by atoms with van der Waals surface area (Å²) in [4.78, 5) is 8.13. The van der Waals surface area contributed by atoms with Gasteiger partial charge < -0.3 is 5.32 Å². The van der Waals surface area contributed by atoms with Crippen molar-refractivity contribution in [2.45, 2.75) is 6.54 Å². The van der Waals surface area contributed by atoms with E-state index >= 15 is 0 Å². The third-order valence-corrected chi connectivity index (χ3v) is 2.75. The van der Waals surface area contributed by atoms with Gasteiger partial charge in [0, 0.05) is 18.1 Å². The monoisotopic (exact) mass is 253 g/mol. The van der Waals surface area contributed by atoms with Gasteiger partial charge in [0.1, 0.15) is 0 Å². The first-order chi connectivity index (χ1) is 7.75. The van der Waals surface area contributed by atoms with E-state index in [1.807, 2.05) is 6.07 Å². The van der Waals surface area contributed by atoms with Gasteiger partial charge in [0.2, 0.25) is 0 Å². The van der Waals surface area contributed by atoms with Crippen molar-refractivity contribution in [3.05, 3.63) is 52.5 Å². The summed E-state index contributed by atoms with van der Waals surface area (Å²) in [6.45, 7) is 0.603. The van der Waals surface area contributed by atoms with Crippen molar-refractivity contribution < 1.29 is 0 Å². The van der Waals surface area contributed by atoms with Crippen molar-refractivity contribution >= 4 is 28.9 Å². The second-order valence-electron chi connectivity index (χ2n) is 3.18. The Balaban J connectivity index is 2.03. The summed E-state index contributed by atoms with van der Waals surface area (Å²) in [7, 11) is 0. The number of nitrogens with one attached hydrogen (secondary N) is 1. The van der Waals surface area contributed by atoms with Gasteiger partial charge in [0.05, 0.1) is 28.5 Å². The van der Waals surface area contributed by atoms with Crippen LogP contribution in [0.4, 0.5) is 5.69 Å². The number of hydrogen-bond donors (Lipinski definition) is 1. The van der Waals surface area contributed by atoms with Gasteiger partial charge in [0.25, 0.3) is 0 Å². The van der Waals surface area contributed by atoms with Crippen molar-refractivity contribution in [1.82, 2.24) is 9.97 Å². The molecule has 0 saturated heterocycles. The topological polar surface area (TPSA) is 37.8 Å². The van der Waals surface area contributed by atoms with Crippen molar-refractivity contribution in [2.75, 3.05) is 5.32 Å². The average molecular weight is 254 g/mol. The number of nitrogens with zero attached hydrogens (tertiary/aromatic N) is 2. The third kappa shape index (κ3) is 2.84. The first-order valence-corrected chi connectivity index (χ1v) is 5.45. The van der Waals surface area contributed by atoms with Gasteiger partial charge in [-0.1, -0.05) is 23.2 Å². The lowest BCUT2D eigenvalue weighted by molar-refractivity contribution is 1.01. The van der Waals surface area contributed by atoms with Crippen LogP contribution in [0.1, 0.15) is 5.69 Å². The molecule has 0 aliphatic rings. The molecule has 2 rings (SSSR count). The molecule has 0 atom stereocenters. The van der Waals surface area contributed by atoms with E-state index in [9.17, 15) is 0 Å². The zero-order valence-electron chi connectivity index (χ0n) is 8.32. The van der Waals surface area contributed by atoms with Gasteiger partial charge in [-0.05, 0) is 18.2 Å². The maximum Gasteiger partial charge on any atom is 0.0777 e. The van der Waals surface area contributed by atoms with Crippen LogP contribution in [-0.2, 0) is 6.54 Å². The number of anilines is 1. The second kappa shape index (κ2) is 5.14. The molecular weight excluding hydrogens is 245 g/mol. The van der Waals surface area contributed by atoms with Crippen LogP contribution in [0.25, 0.3) is 0 Å². The number of aromatic nitrogens is 2. The smallest absolute Gasteiger partial charge is 0.0777 e. The molecule has 0 amide bonds. The van der Waals surface area contributed by atoms with Crippen LogP contribution < -0.4 is 5.32 Å². The molecule has 1 aromatic carbocycles. The molecule has 82 valence electrons. The largest absolute Gasteiger partial charge is 0.379 e. The summed E-state index contributed by atoms with van der Waals surface area (Å²) < 4.78 is 0. The lowest BCUT2D eigenvalue weighted by atomic mass is 10.3. The second-order valence-corrected chi connectivity index (χ2v) is 3.99. The van der Waals surface area contributed by atoms with Crippen LogP contribution in [0.5, 0.6) is 0 Å². The molecule has 0 spiro atoms. The standard InChI is InChI=1S/C11H9Cl2N3/c12-10-2-1-8(5-11(10)13)16-7-9-6-14-3-4-15-9/h1-6,16H,7H2. The summed E-state index contributed by atoms with van der Waals surface area (Å²) in [5.74, 6) is 0. The van der Waals surface area contributed by atoms with Crippen molar-refractivity contribution in [2.24, 2.45) is 0 Å². The molecule has 2 aromatic rings. The molecule has 0 aliphatic carbocycles. The Bertz CT molecular complexity index is 474. The minimum Gasteiger partial charge on any atom is -0.379 e. The molecule has 0 saturated carbocycles. The third-order valence-electron chi connectivity index (χ3n) is 2.01. The Morgan fingerprint density at radius 2 is 2.00 bits per heavy atom. The predicted molar refractivity (Wildman–Crippen MR) is 65.8 cm³/mol. The molecule has 0 radical (unpaired) electrons. The van der Waals surface area contributed by atoms with E-state index in [0.29, 0.717) is 16.6 Å².